The number of esters is 1. The Morgan fingerprint density at radius 3 is 2.75 bits per heavy atom. The number of rotatable bonds is 4. The van der Waals surface area contributed by atoms with Gasteiger partial charge >= 0.3 is 5.97 Å². The van der Waals surface area contributed by atoms with Crippen molar-refractivity contribution in [1.82, 2.24) is 5.32 Å². The van der Waals surface area contributed by atoms with E-state index in [4.69, 9.17) is 0 Å². The lowest BCUT2D eigenvalue weighted by Gasteiger charge is -2.05. The average Bonchev–Trinajstić information content (AvgIpc) is 2.26. The van der Waals surface area contributed by atoms with Gasteiger partial charge in [0.15, 0.2) is 0 Å². The Hall–Kier alpha value is -1.84. The number of benzene rings is 1. The molecule has 1 N–H and O–H groups in total. The van der Waals surface area contributed by atoms with Gasteiger partial charge in [0.1, 0.15) is 6.42 Å². The van der Waals surface area contributed by atoms with Crippen LogP contribution in [0.1, 0.15) is 17.5 Å². The third-order valence-corrected chi connectivity index (χ3v) is 2.10. The normalized spacial score (nSPS) is 9.62. The van der Waals surface area contributed by atoms with Gasteiger partial charge < -0.3 is 10.1 Å². The maximum atomic E-state index is 11.3. The van der Waals surface area contributed by atoms with Gasteiger partial charge in [-0.05, 0) is 12.5 Å². The first kappa shape index (κ1) is 12.2. The smallest absolute Gasteiger partial charge is 0.315 e. The third-order valence-electron chi connectivity index (χ3n) is 2.10. The van der Waals surface area contributed by atoms with Gasteiger partial charge in [0.05, 0.1) is 7.11 Å². The number of hydrogen-bond acceptors (Lipinski definition) is 3. The number of ether oxygens (including phenoxy) is 1. The van der Waals surface area contributed by atoms with Crippen LogP contribution in [0.4, 0.5) is 0 Å². The second kappa shape index (κ2) is 5.90. The van der Waals surface area contributed by atoms with Gasteiger partial charge in [0, 0.05) is 6.54 Å². The van der Waals surface area contributed by atoms with Crippen molar-refractivity contribution in [3.05, 3.63) is 35.4 Å². The topological polar surface area (TPSA) is 55.4 Å². The first-order chi connectivity index (χ1) is 7.61. The predicted octanol–water partition coefficient (Wildman–Crippen LogP) is 1.17. The molecule has 0 aliphatic heterocycles. The summed E-state index contributed by atoms with van der Waals surface area (Å²) in [5, 5.41) is 2.65. The van der Waals surface area contributed by atoms with E-state index in [0.29, 0.717) is 6.54 Å². The molecule has 16 heavy (non-hydrogen) atoms. The van der Waals surface area contributed by atoms with Crippen LogP contribution in [-0.2, 0) is 20.9 Å². The second-order valence-corrected chi connectivity index (χ2v) is 3.52. The van der Waals surface area contributed by atoms with Gasteiger partial charge in [-0.25, -0.2) is 0 Å². The van der Waals surface area contributed by atoms with Crippen LogP contribution in [-0.4, -0.2) is 19.0 Å². The lowest BCUT2D eigenvalue weighted by Crippen LogP contribution is -2.25. The summed E-state index contributed by atoms with van der Waals surface area (Å²) in [4.78, 5) is 22.1. The molecule has 0 saturated heterocycles. The van der Waals surface area contributed by atoms with Crippen LogP contribution in [0.3, 0.4) is 0 Å². The van der Waals surface area contributed by atoms with Crippen LogP contribution in [0.25, 0.3) is 0 Å². The average molecular weight is 221 g/mol. The molecule has 1 aromatic carbocycles. The van der Waals surface area contributed by atoms with Crippen LogP contribution in [0.5, 0.6) is 0 Å². The summed E-state index contributed by atoms with van der Waals surface area (Å²) in [6, 6.07) is 7.82. The van der Waals surface area contributed by atoms with E-state index in [9.17, 15) is 9.59 Å². The van der Waals surface area contributed by atoms with Crippen LogP contribution in [0.15, 0.2) is 24.3 Å². The van der Waals surface area contributed by atoms with Crippen LogP contribution < -0.4 is 5.32 Å². The Kier molecular flexibility index (Phi) is 4.51. The fourth-order valence-corrected chi connectivity index (χ4v) is 1.29. The number of nitrogens with one attached hydrogen (secondary N) is 1. The summed E-state index contributed by atoms with van der Waals surface area (Å²) >= 11 is 0. The SMILES string of the molecule is COC(=O)CC(=O)NCc1cccc(C)c1. The molecule has 0 spiro atoms. The molecule has 0 unspecified atom stereocenters. The molecule has 1 aromatic rings. The molecule has 0 aromatic heterocycles. The maximum Gasteiger partial charge on any atom is 0.315 e. The standard InChI is InChI=1S/C12H15NO3/c1-9-4-3-5-10(6-9)8-13-11(14)7-12(15)16-2/h3-6H,7-8H2,1-2H3,(H,13,14). The van der Waals surface area contributed by atoms with Crippen molar-refractivity contribution in [2.24, 2.45) is 0 Å². The fourth-order valence-electron chi connectivity index (χ4n) is 1.29. The highest BCUT2D eigenvalue weighted by Crippen LogP contribution is 2.03. The Balaban J connectivity index is 2.40. The lowest BCUT2D eigenvalue weighted by atomic mass is 10.1. The van der Waals surface area contributed by atoms with Crippen LogP contribution in [0, 0.1) is 6.92 Å². The van der Waals surface area contributed by atoms with E-state index in [1.165, 1.54) is 7.11 Å². The molecule has 0 heterocycles. The number of hydrogen-bond donors (Lipinski definition) is 1. The molecule has 0 bridgehead atoms. The minimum absolute atomic E-state index is 0.234. The predicted molar refractivity (Wildman–Crippen MR) is 59.7 cm³/mol. The number of carbonyl (C=O) groups excluding carboxylic acids is 2. The molecule has 86 valence electrons. The van der Waals surface area contributed by atoms with E-state index in [0.717, 1.165) is 11.1 Å². The number of amides is 1. The first-order valence-electron chi connectivity index (χ1n) is 5.01. The fraction of sp³-hybridized carbons (Fsp3) is 0.333. The van der Waals surface area contributed by atoms with Crippen molar-refractivity contribution >= 4 is 11.9 Å². The zero-order valence-electron chi connectivity index (χ0n) is 9.45. The van der Waals surface area contributed by atoms with E-state index < -0.39 is 5.97 Å². The highest BCUT2D eigenvalue weighted by atomic mass is 16.5. The van der Waals surface area contributed by atoms with E-state index in [1.54, 1.807) is 0 Å². The molecule has 0 saturated carbocycles. The highest BCUT2D eigenvalue weighted by Gasteiger charge is 2.08. The van der Waals surface area contributed by atoms with Gasteiger partial charge in [-0.3, -0.25) is 9.59 Å². The van der Waals surface area contributed by atoms with E-state index in [2.05, 4.69) is 10.1 Å². The molecular formula is C12H15NO3. The quantitative estimate of drug-likeness (QED) is 0.613. The molecule has 4 heteroatoms. The zero-order chi connectivity index (χ0) is 12.0. The maximum absolute atomic E-state index is 11.3. The summed E-state index contributed by atoms with van der Waals surface area (Å²) in [5.41, 5.74) is 2.15. The van der Waals surface area contributed by atoms with Gasteiger partial charge in [0.2, 0.25) is 5.91 Å². The Bertz CT molecular complexity index is 388. The largest absolute Gasteiger partial charge is 0.469 e. The first-order valence-corrected chi connectivity index (χ1v) is 5.01. The van der Waals surface area contributed by atoms with E-state index in [-0.39, 0.29) is 12.3 Å². The van der Waals surface area contributed by atoms with Crippen LogP contribution in [0.2, 0.25) is 0 Å². The van der Waals surface area contributed by atoms with Crippen molar-refractivity contribution in [3.8, 4) is 0 Å². The molecule has 0 fully saturated rings. The molecule has 0 aliphatic rings. The summed E-state index contributed by atoms with van der Waals surface area (Å²) in [6.07, 6.45) is -0.234. The number of carbonyl (C=O) groups is 2. The minimum atomic E-state index is -0.526. The number of aryl methyl sites for hydroxylation is 1. The summed E-state index contributed by atoms with van der Waals surface area (Å²) in [6.45, 7) is 2.41. The van der Waals surface area contributed by atoms with Gasteiger partial charge in [-0.1, -0.05) is 29.8 Å². The monoisotopic (exact) mass is 221 g/mol. The molecule has 0 atom stereocenters. The molecular weight excluding hydrogens is 206 g/mol. The van der Waals surface area contributed by atoms with Crippen molar-refractivity contribution < 1.29 is 14.3 Å². The van der Waals surface area contributed by atoms with Gasteiger partial charge in [-0.15, -0.1) is 0 Å². The highest BCUT2D eigenvalue weighted by molar-refractivity contribution is 5.94. The van der Waals surface area contributed by atoms with E-state index in [1.807, 2.05) is 31.2 Å². The minimum Gasteiger partial charge on any atom is -0.469 e. The lowest BCUT2D eigenvalue weighted by molar-refractivity contribution is -0.143. The van der Waals surface area contributed by atoms with E-state index >= 15 is 0 Å². The Morgan fingerprint density at radius 2 is 2.12 bits per heavy atom. The number of methoxy groups -OCH3 is 1. The van der Waals surface area contributed by atoms with Crippen molar-refractivity contribution in [3.63, 3.8) is 0 Å². The summed E-state index contributed by atoms with van der Waals surface area (Å²) in [7, 11) is 1.26. The Morgan fingerprint density at radius 1 is 1.38 bits per heavy atom. The molecule has 0 aliphatic carbocycles. The van der Waals surface area contributed by atoms with Crippen molar-refractivity contribution in [2.45, 2.75) is 19.9 Å². The van der Waals surface area contributed by atoms with Crippen molar-refractivity contribution in [1.29, 1.82) is 0 Å². The third kappa shape index (κ3) is 4.13. The van der Waals surface area contributed by atoms with Crippen molar-refractivity contribution in [2.75, 3.05) is 7.11 Å². The second-order valence-electron chi connectivity index (χ2n) is 3.52. The Labute approximate surface area is 94.6 Å². The van der Waals surface area contributed by atoms with Gasteiger partial charge in [0.25, 0.3) is 0 Å². The molecule has 1 rings (SSSR count). The summed E-state index contributed by atoms with van der Waals surface area (Å²) < 4.78 is 4.39. The van der Waals surface area contributed by atoms with Gasteiger partial charge in [-0.2, -0.15) is 0 Å². The zero-order valence-corrected chi connectivity index (χ0v) is 9.45. The van der Waals surface area contributed by atoms with Crippen LogP contribution >= 0.6 is 0 Å². The molecule has 4 nitrogen and oxygen atoms in total. The molecule has 1 amide bonds. The molecule has 0 radical (unpaired) electrons. The summed E-state index contributed by atoms with van der Waals surface area (Å²) in [5.74, 6) is -0.852.